The first-order valence-corrected chi connectivity index (χ1v) is 9.02. The van der Waals surface area contributed by atoms with Gasteiger partial charge in [0.05, 0.1) is 0 Å². The van der Waals surface area contributed by atoms with Crippen molar-refractivity contribution >= 4 is 17.5 Å². The van der Waals surface area contributed by atoms with Gasteiger partial charge in [-0.1, -0.05) is 12.1 Å². The normalized spacial score (nSPS) is 18.7. The fourth-order valence-electron chi connectivity index (χ4n) is 3.38. The average molecular weight is 403 g/mol. The lowest BCUT2D eigenvalue weighted by Gasteiger charge is -2.29. The van der Waals surface area contributed by atoms with Gasteiger partial charge in [-0.2, -0.15) is 0 Å². The minimum absolute atomic E-state index is 0.00890. The second-order valence-electron chi connectivity index (χ2n) is 6.84. The Bertz CT molecular complexity index is 991. The fraction of sp³-hybridized carbons (Fsp3) is 0.238. The van der Waals surface area contributed by atoms with Gasteiger partial charge in [0.2, 0.25) is 0 Å². The molecule has 4 N–H and O–H groups in total. The summed E-state index contributed by atoms with van der Waals surface area (Å²) >= 11 is 0. The zero-order valence-corrected chi connectivity index (χ0v) is 15.6. The maximum Gasteiger partial charge on any atom is 0.251 e. The molecule has 0 heterocycles. The Morgan fingerprint density at radius 3 is 2.45 bits per heavy atom. The van der Waals surface area contributed by atoms with Gasteiger partial charge in [0.25, 0.3) is 11.8 Å². The van der Waals surface area contributed by atoms with Crippen LogP contribution in [-0.4, -0.2) is 24.9 Å². The largest absolute Gasteiger partial charge is 0.355 e. The summed E-state index contributed by atoms with van der Waals surface area (Å²) < 4.78 is 40.7. The average Bonchev–Trinajstić information content (AvgIpc) is 2.70. The summed E-state index contributed by atoms with van der Waals surface area (Å²) in [5.41, 5.74) is 7.35. The molecule has 0 aliphatic heterocycles. The fourth-order valence-corrected chi connectivity index (χ4v) is 3.38. The van der Waals surface area contributed by atoms with E-state index in [2.05, 4.69) is 10.6 Å². The third kappa shape index (κ3) is 4.48. The zero-order chi connectivity index (χ0) is 21.1. The Morgan fingerprint density at radius 1 is 1.03 bits per heavy atom. The Hall–Kier alpha value is -3.13. The number of nitrogens with two attached hydrogens (primary N) is 1. The van der Waals surface area contributed by atoms with Crippen LogP contribution in [0.4, 0.5) is 18.9 Å². The molecule has 2 aromatic rings. The highest BCUT2D eigenvalue weighted by Crippen LogP contribution is 2.34. The SMILES string of the molecule is CNC(=O)c1cccc(NC(=O)C2=CCC(c3cc(F)c(F)cc3F)C(N)C2)c1. The first-order valence-electron chi connectivity index (χ1n) is 9.02. The molecule has 3 rings (SSSR count). The molecule has 2 aromatic carbocycles. The minimum Gasteiger partial charge on any atom is -0.355 e. The van der Waals surface area contributed by atoms with E-state index in [0.29, 0.717) is 22.9 Å². The van der Waals surface area contributed by atoms with E-state index in [1.165, 1.54) is 7.05 Å². The number of anilines is 1. The summed E-state index contributed by atoms with van der Waals surface area (Å²) in [7, 11) is 1.51. The molecule has 2 unspecified atom stereocenters. The first-order chi connectivity index (χ1) is 13.8. The molecule has 152 valence electrons. The third-order valence-electron chi connectivity index (χ3n) is 4.93. The van der Waals surface area contributed by atoms with Crippen LogP contribution in [0.15, 0.2) is 48.0 Å². The lowest BCUT2D eigenvalue weighted by molar-refractivity contribution is -0.113. The zero-order valence-electron chi connectivity index (χ0n) is 15.6. The number of hydrogen-bond acceptors (Lipinski definition) is 3. The summed E-state index contributed by atoms with van der Waals surface area (Å²) in [6.07, 6.45) is 1.97. The highest BCUT2D eigenvalue weighted by Gasteiger charge is 2.29. The van der Waals surface area contributed by atoms with Gasteiger partial charge in [0, 0.05) is 41.9 Å². The topological polar surface area (TPSA) is 84.2 Å². The molecule has 1 aliphatic rings. The van der Waals surface area contributed by atoms with Gasteiger partial charge in [0.1, 0.15) is 5.82 Å². The van der Waals surface area contributed by atoms with E-state index < -0.39 is 35.3 Å². The Balaban J connectivity index is 1.74. The molecule has 0 spiro atoms. The van der Waals surface area contributed by atoms with E-state index >= 15 is 0 Å². The monoisotopic (exact) mass is 403 g/mol. The van der Waals surface area contributed by atoms with E-state index in [1.807, 2.05) is 0 Å². The maximum atomic E-state index is 14.1. The molecule has 0 saturated carbocycles. The van der Waals surface area contributed by atoms with Crippen LogP contribution in [0.2, 0.25) is 0 Å². The van der Waals surface area contributed by atoms with Gasteiger partial charge >= 0.3 is 0 Å². The summed E-state index contributed by atoms with van der Waals surface area (Å²) in [6, 6.07) is 7.12. The van der Waals surface area contributed by atoms with Crippen LogP contribution in [-0.2, 0) is 4.79 Å². The number of hydrogen-bond donors (Lipinski definition) is 3. The number of carbonyl (C=O) groups excluding carboxylic acids is 2. The Kier molecular flexibility index (Phi) is 6.03. The number of carbonyl (C=O) groups is 2. The van der Waals surface area contributed by atoms with Crippen molar-refractivity contribution in [2.45, 2.75) is 24.8 Å². The summed E-state index contributed by atoms with van der Waals surface area (Å²) in [6.45, 7) is 0. The van der Waals surface area contributed by atoms with E-state index in [0.717, 1.165) is 6.07 Å². The lowest BCUT2D eigenvalue weighted by Crippen LogP contribution is -2.34. The van der Waals surface area contributed by atoms with Crippen LogP contribution >= 0.6 is 0 Å². The lowest BCUT2D eigenvalue weighted by atomic mass is 9.80. The predicted octanol–water partition coefficient (Wildman–Crippen LogP) is 3.23. The van der Waals surface area contributed by atoms with Gasteiger partial charge in [-0.05, 0) is 42.7 Å². The molecule has 0 radical (unpaired) electrons. The summed E-state index contributed by atoms with van der Waals surface area (Å²) in [5.74, 6) is -4.51. The molecule has 2 amide bonds. The van der Waals surface area contributed by atoms with E-state index in [1.54, 1.807) is 30.3 Å². The summed E-state index contributed by atoms with van der Waals surface area (Å²) in [5, 5.41) is 5.21. The predicted molar refractivity (Wildman–Crippen MR) is 103 cm³/mol. The van der Waals surface area contributed by atoms with Crippen LogP contribution < -0.4 is 16.4 Å². The van der Waals surface area contributed by atoms with Gasteiger partial charge < -0.3 is 16.4 Å². The number of benzene rings is 2. The second kappa shape index (κ2) is 8.48. The second-order valence-corrected chi connectivity index (χ2v) is 6.84. The van der Waals surface area contributed by atoms with Gasteiger partial charge in [-0.15, -0.1) is 0 Å². The quantitative estimate of drug-likeness (QED) is 0.686. The molecule has 0 saturated heterocycles. The number of nitrogens with one attached hydrogen (secondary N) is 2. The molecule has 0 fully saturated rings. The van der Waals surface area contributed by atoms with Crippen LogP contribution in [0.1, 0.15) is 34.7 Å². The van der Waals surface area contributed by atoms with Crippen molar-refractivity contribution in [2.24, 2.45) is 5.73 Å². The number of amides is 2. The van der Waals surface area contributed by atoms with Crippen LogP contribution in [0.5, 0.6) is 0 Å². The molecular formula is C21H20F3N3O2. The third-order valence-corrected chi connectivity index (χ3v) is 4.93. The van der Waals surface area contributed by atoms with Gasteiger partial charge in [-0.25, -0.2) is 13.2 Å². The molecule has 0 aromatic heterocycles. The van der Waals surface area contributed by atoms with Crippen LogP contribution in [0.25, 0.3) is 0 Å². The van der Waals surface area contributed by atoms with Crippen molar-refractivity contribution in [1.82, 2.24) is 5.32 Å². The van der Waals surface area contributed by atoms with Crippen molar-refractivity contribution in [3.05, 3.63) is 76.6 Å². The van der Waals surface area contributed by atoms with Crippen molar-refractivity contribution < 1.29 is 22.8 Å². The van der Waals surface area contributed by atoms with Gasteiger partial charge in [-0.3, -0.25) is 9.59 Å². The smallest absolute Gasteiger partial charge is 0.251 e. The number of halogens is 3. The van der Waals surface area contributed by atoms with Crippen molar-refractivity contribution in [2.75, 3.05) is 12.4 Å². The van der Waals surface area contributed by atoms with Crippen molar-refractivity contribution in [1.29, 1.82) is 0 Å². The minimum atomic E-state index is -1.26. The van der Waals surface area contributed by atoms with E-state index in [9.17, 15) is 22.8 Å². The number of allylic oxidation sites excluding steroid dienone is 1. The molecule has 2 atom stereocenters. The molecule has 29 heavy (non-hydrogen) atoms. The maximum absolute atomic E-state index is 14.1. The molecular weight excluding hydrogens is 383 g/mol. The molecule has 0 bridgehead atoms. The van der Waals surface area contributed by atoms with Crippen molar-refractivity contribution in [3.63, 3.8) is 0 Å². The standard InChI is InChI=1S/C21H20F3N3O2/c1-26-20(28)11-3-2-4-13(7-11)27-21(29)12-5-6-14(19(25)8-12)15-9-17(23)18(24)10-16(15)22/h2-5,7,9-10,14,19H,6,8,25H2,1H3,(H,26,28)(H,27,29). The highest BCUT2D eigenvalue weighted by molar-refractivity contribution is 6.04. The molecule has 1 aliphatic carbocycles. The van der Waals surface area contributed by atoms with Crippen LogP contribution in [0, 0.1) is 17.5 Å². The number of rotatable bonds is 4. The Labute approximate surface area is 165 Å². The van der Waals surface area contributed by atoms with Crippen LogP contribution in [0.3, 0.4) is 0 Å². The van der Waals surface area contributed by atoms with Crippen molar-refractivity contribution in [3.8, 4) is 0 Å². The van der Waals surface area contributed by atoms with Gasteiger partial charge in [0.15, 0.2) is 11.6 Å². The first kappa shape index (κ1) is 20.6. The van der Waals surface area contributed by atoms with E-state index in [-0.39, 0.29) is 24.3 Å². The Morgan fingerprint density at radius 2 is 1.76 bits per heavy atom. The molecule has 8 heteroatoms. The van der Waals surface area contributed by atoms with E-state index in [4.69, 9.17) is 5.73 Å². The summed E-state index contributed by atoms with van der Waals surface area (Å²) in [4.78, 5) is 24.3. The highest BCUT2D eigenvalue weighted by atomic mass is 19.2. The molecule has 5 nitrogen and oxygen atoms in total.